The second kappa shape index (κ2) is 5.36. The summed E-state index contributed by atoms with van der Waals surface area (Å²) >= 11 is 1.42. The standard InChI is InChI=1S/C7H9F3S/c1-2-5-11-6-3-4-7(8,9)10/h2,5-6H2,1H3. The van der Waals surface area contributed by atoms with Crippen LogP contribution in [0, 0.1) is 11.8 Å². The van der Waals surface area contributed by atoms with Gasteiger partial charge in [0.25, 0.3) is 0 Å². The van der Waals surface area contributed by atoms with Crippen LogP contribution in [0.15, 0.2) is 0 Å². The summed E-state index contributed by atoms with van der Waals surface area (Å²) in [6, 6.07) is 0. The molecule has 4 heteroatoms. The molecule has 0 rings (SSSR count). The van der Waals surface area contributed by atoms with E-state index in [0.29, 0.717) is 0 Å². The smallest absolute Gasteiger partial charge is 0.159 e. The van der Waals surface area contributed by atoms with Gasteiger partial charge in [-0.15, -0.1) is 11.8 Å². The van der Waals surface area contributed by atoms with Crippen LogP contribution in [0.25, 0.3) is 0 Å². The van der Waals surface area contributed by atoms with E-state index in [1.807, 2.05) is 12.8 Å². The van der Waals surface area contributed by atoms with Crippen LogP contribution in [0.4, 0.5) is 13.2 Å². The normalized spacial score (nSPS) is 10.5. The van der Waals surface area contributed by atoms with E-state index in [-0.39, 0.29) is 5.75 Å². The molecule has 0 aromatic carbocycles. The minimum Gasteiger partial charge on any atom is -0.159 e. The zero-order valence-electron chi connectivity index (χ0n) is 6.16. The van der Waals surface area contributed by atoms with E-state index in [1.165, 1.54) is 17.7 Å². The fourth-order valence-electron chi connectivity index (χ4n) is 0.404. The van der Waals surface area contributed by atoms with Gasteiger partial charge in [0.05, 0.1) is 5.75 Å². The van der Waals surface area contributed by atoms with Crippen molar-refractivity contribution in [1.82, 2.24) is 0 Å². The largest absolute Gasteiger partial charge is 0.457 e. The number of thioether (sulfide) groups is 1. The van der Waals surface area contributed by atoms with Gasteiger partial charge in [0.15, 0.2) is 0 Å². The molecule has 0 saturated heterocycles. The molecule has 0 spiro atoms. The first-order valence-electron chi connectivity index (χ1n) is 3.20. The summed E-state index contributed by atoms with van der Waals surface area (Å²) in [5.74, 6) is 4.40. The molecule has 11 heavy (non-hydrogen) atoms. The maximum Gasteiger partial charge on any atom is 0.457 e. The number of halogens is 3. The molecule has 0 nitrogen and oxygen atoms in total. The van der Waals surface area contributed by atoms with Gasteiger partial charge in [-0.3, -0.25) is 0 Å². The molecule has 0 fully saturated rings. The molecule has 0 aliphatic heterocycles. The fraction of sp³-hybridized carbons (Fsp3) is 0.714. The van der Waals surface area contributed by atoms with Crippen LogP contribution in [0.1, 0.15) is 13.3 Å². The van der Waals surface area contributed by atoms with E-state index in [0.717, 1.165) is 12.2 Å². The topological polar surface area (TPSA) is 0 Å². The molecule has 0 aliphatic carbocycles. The van der Waals surface area contributed by atoms with Gasteiger partial charge in [0.2, 0.25) is 0 Å². The van der Waals surface area contributed by atoms with E-state index >= 15 is 0 Å². The molecular weight excluding hydrogens is 173 g/mol. The summed E-state index contributed by atoms with van der Waals surface area (Å²) in [7, 11) is 0. The zero-order valence-corrected chi connectivity index (χ0v) is 6.98. The van der Waals surface area contributed by atoms with E-state index in [4.69, 9.17) is 0 Å². The lowest BCUT2D eigenvalue weighted by Gasteiger charge is -1.92. The first kappa shape index (κ1) is 10.7. The van der Waals surface area contributed by atoms with Crippen molar-refractivity contribution in [1.29, 1.82) is 0 Å². The van der Waals surface area contributed by atoms with E-state index in [1.54, 1.807) is 0 Å². The lowest BCUT2D eigenvalue weighted by Crippen LogP contribution is -2.01. The van der Waals surface area contributed by atoms with Gasteiger partial charge in [-0.25, -0.2) is 0 Å². The molecule has 0 heterocycles. The van der Waals surface area contributed by atoms with Crippen LogP contribution >= 0.6 is 11.8 Å². The maximum absolute atomic E-state index is 11.4. The fourth-order valence-corrected chi connectivity index (χ4v) is 1.01. The lowest BCUT2D eigenvalue weighted by molar-refractivity contribution is -0.0696. The molecule has 0 aromatic heterocycles. The van der Waals surface area contributed by atoms with Crippen molar-refractivity contribution in [3.05, 3.63) is 0 Å². The average Bonchev–Trinajstić information content (AvgIpc) is 1.85. The average molecular weight is 182 g/mol. The summed E-state index contributed by atoms with van der Waals surface area (Å²) in [5, 5.41) is 0. The molecule has 0 radical (unpaired) electrons. The van der Waals surface area contributed by atoms with Crippen molar-refractivity contribution in [2.24, 2.45) is 0 Å². The van der Waals surface area contributed by atoms with Crippen molar-refractivity contribution in [3.8, 4) is 11.8 Å². The van der Waals surface area contributed by atoms with Gasteiger partial charge >= 0.3 is 6.18 Å². The Labute approximate surface area is 68.5 Å². The molecule has 64 valence electrons. The summed E-state index contributed by atoms with van der Waals surface area (Å²) in [5.41, 5.74) is 0. The summed E-state index contributed by atoms with van der Waals surface area (Å²) in [4.78, 5) is 0. The minimum atomic E-state index is -4.33. The molecule has 0 bridgehead atoms. The Morgan fingerprint density at radius 1 is 1.36 bits per heavy atom. The highest BCUT2D eigenvalue weighted by molar-refractivity contribution is 7.99. The Hall–Kier alpha value is -0.300. The third kappa shape index (κ3) is 9.70. The molecular formula is C7H9F3S. The van der Waals surface area contributed by atoms with Gasteiger partial charge < -0.3 is 0 Å². The molecule has 0 aromatic rings. The third-order valence-corrected chi connectivity index (χ3v) is 1.80. The zero-order chi connectivity index (χ0) is 8.74. The second-order valence-corrected chi connectivity index (χ2v) is 2.96. The van der Waals surface area contributed by atoms with Gasteiger partial charge in [0, 0.05) is 5.92 Å². The molecule has 0 amide bonds. The van der Waals surface area contributed by atoms with Gasteiger partial charge in [0.1, 0.15) is 0 Å². The molecule has 0 N–H and O–H groups in total. The number of hydrogen-bond acceptors (Lipinski definition) is 1. The van der Waals surface area contributed by atoms with Crippen molar-refractivity contribution >= 4 is 11.8 Å². The summed E-state index contributed by atoms with van der Waals surface area (Å²) in [6.07, 6.45) is -3.36. The van der Waals surface area contributed by atoms with Gasteiger partial charge in [-0.1, -0.05) is 12.8 Å². The number of rotatable bonds is 3. The Morgan fingerprint density at radius 2 is 2.00 bits per heavy atom. The highest BCUT2D eigenvalue weighted by Crippen LogP contribution is 2.12. The number of hydrogen-bond donors (Lipinski definition) is 0. The Kier molecular flexibility index (Phi) is 5.22. The Morgan fingerprint density at radius 3 is 2.45 bits per heavy atom. The van der Waals surface area contributed by atoms with Crippen LogP contribution in [0.5, 0.6) is 0 Å². The maximum atomic E-state index is 11.4. The first-order valence-corrected chi connectivity index (χ1v) is 4.36. The first-order chi connectivity index (χ1) is 5.06. The van der Waals surface area contributed by atoms with Crippen molar-refractivity contribution in [2.75, 3.05) is 11.5 Å². The van der Waals surface area contributed by atoms with Crippen molar-refractivity contribution in [3.63, 3.8) is 0 Å². The second-order valence-electron chi connectivity index (χ2n) is 1.85. The van der Waals surface area contributed by atoms with Crippen LogP contribution < -0.4 is 0 Å². The van der Waals surface area contributed by atoms with E-state index < -0.39 is 6.18 Å². The molecule has 0 atom stereocenters. The predicted molar refractivity (Wildman–Crippen MR) is 41.4 cm³/mol. The van der Waals surface area contributed by atoms with Crippen LogP contribution in [0.2, 0.25) is 0 Å². The van der Waals surface area contributed by atoms with E-state index in [9.17, 15) is 13.2 Å². The SMILES string of the molecule is CCCSCC#CC(F)(F)F. The highest BCUT2D eigenvalue weighted by Gasteiger charge is 2.22. The molecule has 0 unspecified atom stereocenters. The van der Waals surface area contributed by atoms with Crippen molar-refractivity contribution < 1.29 is 13.2 Å². The lowest BCUT2D eigenvalue weighted by atomic mass is 10.6. The van der Waals surface area contributed by atoms with E-state index in [2.05, 4.69) is 0 Å². The summed E-state index contributed by atoms with van der Waals surface area (Å²) in [6.45, 7) is 1.98. The minimum absolute atomic E-state index is 0.271. The molecule has 0 saturated carbocycles. The van der Waals surface area contributed by atoms with Gasteiger partial charge in [-0.05, 0) is 12.2 Å². The van der Waals surface area contributed by atoms with Crippen LogP contribution in [0.3, 0.4) is 0 Å². The van der Waals surface area contributed by atoms with Crippen LogP contribution in [-0.4, -0.2) is 17.7 Å². The summed E-state index contributed by atoms with van der Waals surface area (Å²) < 4.78 is 34.1. The van der Waals surface area contributed by atoms with Crippen molar-refractivity contribution in [2.45, 2.75) is 19.5 Å². The Bertz CT molecular complexity index is 151. The Balaban J connectivity index is 3.41. The highest BCUT2D eigenvalue weighted by atomic mass is 32.2. The van der Waals surface area contributed by atoms with Gasteiger partial charge in [-0.2, -0.15) is 13.2 Å². The third-order valence-electron chi connectivity index (χ3n) is 0.753. The predicted octanol–water partition coefficient (Wildman–Crippen LogP) is 2.70. The molecule has 0 aliphatic rings. The quantitative estimate of drug-likeness (QED) is 0.477. The van der Waals surface area contributed by atoms with Crippen LogP contribution in [-0.2, 0) is 0 Å². The monoisotopic (exact) mass is 182 g/mol. The number of alkyl halides is 3.